The van der Waals surface area contributed by atoms with Gasteiger partial charge in [-0.05, 0) is 95.1 Å². The number of halogens is 5. The zero-order valence-corrected chi connectivity index (χ0v) is 35.9. The monoisotopic (exact) mass is 894 g/mol. The first-order valence-electron chi connectivity index (χ1n) is 22.0. The molecule has 8 aromatic carbocycles. The first-order valence-corrected chi connectivity index (χ1v) is 22.0. The van der Waals surface area contributed by atoms with Crippen molar-refractivity contribution in [3.8, 4) is 67.3 Å². The fourth-order valence-corrected chi connectivity index (χ4v) is 9.63. The van der Waals surface area contributed by atoms with E-state index in [-0.39, 0.29) is 16.8 Å². The van der Waals surface area contributed by atoms with Crippen molar-refractivity contribution in [2.24, 2.45) is 0 Å². The summed E-state index contributed by atoms with van der Waals surface area (Å²) in [5, 5.41) is 3.36. The summed E-state index contributed by atoms with van der Waals surface area (Å²) in [6.45, 7) is 0. The summed E-state index contributed by atoms with van der Waals surface area (Å²) >= 11 is 0. The lowest BCUT2D eigenvalue weighted by Gasteiger charge is -2.22. The molecule has 4 aromatic heterocycles. The van der Waals surface area contributed by atoms with Crippen LogP contribution >= 0.6 is 0 Å². The number of nitrogens with zero attached hydrogens (tertiary/aromatic N) is 4. The summed E-state index contributed by atoms with van der Waals surface area (Å²) in [6.07, 6.45) is -1.25. The highest BCUT2D eigenvalue weighted by Gasteiger charge is 2.36. The van der Waals surface area contributed by atoms with Gasteiger partial charge in [-0.3, -0.25) is 9.97 Å². The molecule has 4 heterocycles. The zero-order chi connectivity index (χ0) is 46.1. The molecule has 0 radical (unpaired) electrons. The van der Waals surface area contributed by atoms with E-state index in [1.54, 1.807) is 0 Å². The lowest BCUT2D eigenvalue weighted by Crippen LogP contribution is -2.12. The van der Waals surface area contributed by atoms with E-state index in [0.717, 1.165) is 95.5 Å². The van der Waals surface area contributed by atoms with E-state index >= 15 is 13.2 Å². The number of rotatable bonds is 7. The first-order chi connectivity index (χ1) is 33.2. The van der Waals surface area contributed by atoms with Gasteiger partial charge >= 0.3 is 6.18 Å². The van der Waals surface area contributed by atoms with Crippen LogP contribution in [0, 0.1) is 11.6 Å². The van der Waals surface area contributed by atoms with Crippen LogP contribution in [0.4, 0.5) is 22.0 Å². The Morgan fingerprint density at radius 3 is 1.22 bits per heavy atom. The van der Waals surface area contributed by atoms with Crippen LogP contribution < -0.4 is 0 Å². The quantitative estimate of drug-likeness (QED) is 0.149. The molecule has 0 N–H and O–H groups in total. The number of pyridine rings is 2. The minimum absolute atomic E-state index is 0.221. The summed E-state index contributed by atoms with van der Waals surface area (Å²) in [6, 6.07) is 60.2. The molecule has 0 unspecified atom stereocenters. The molecule has 0 amide bonds. The van der Waals surface area contributed by atoms with E-state index in [1.807, 2.05) is 185 Å². The third-order valence-electron chi connectivity index (χ3n) is 12.8. The van der Waals surface area contributed by atoms with Crippen molar-refractivity contribution in [1.29, 1.82) is 0 Å². The zero-order valence-electron chi connectivity index (χ0n) is 35.9. The average molecular weight is 895 g/mol. The van der Waals surface area contributed by atoms with Crippen molar-refractivity contribution < 1.29 is 22.0 Å². The van der Waals surface area contributed by atoms with Crippen LogP contribution in [0.15, 0.2) is 213 Å². The number of benzene rings is 8. The molecule has 9 heteroatoms. The van der Waals surface area contributed by atoms with Crippen LogP contribution in [0.3, 0.4) is 0 Å². The minimum atomic E-state index is -4.92. The van der Waals surface area contributed by atoms with Crippen LogP contribution in [-0.2, 0) is 6.18 Å². The van der Waals surface area contributed by atoms with Gasteiger partial charge in [-0.2, -0.15) is 13.2 Å². The second-order valence-electron chi connectivity index (χ2n) is 16.8. The number of fused-ring (bicyclic) bond motifs is 6. The Morgan fingerprint density at radius 2 is 0.765 bits per heavy atom. The highest BCUT2D eigenvalue weighted by Crippen LogP contribution is 2.46. The van der Waals surface area contributed by atoms with Crippen LogP contribution in [0.2, 0.25) is 0 Å². The maximum Gasteiger partial charge on any atom is 0.417 e. The number of aromatic nitrogens is 4. The number of hydrogen-bond donors (Lipinski definition) is 0. The highest BCUT2D eigenvalue weighted by molar-refractivity contribution is 6.13. The molecule has 4 nitrogen and oxygen atoms in total. The van der Waals surface area contributed by atoms with Crippen molar-refractivity contribution in [3.63, 3.8) is 0 Å². The molecule has 326 valence electrons. The molecule has 12 aromatic rings. The second-order valence-corrected chi connectivity index (χ2v) is 16.8. The van der Waals surface area contributed by atoms with Crippen molar-refractivity contribution in [1.82, 2.24) is 19.1 Å². The molecule has 0 spiro atoms. The topological polar surface area (TPSA) is 35.6 Å². The van der Waals surface area contributed by atoms with E-state index in [1.165, 1.54) is 6.07 Å². The third-order valence-corrected chi connectivity index (χ3v) is 12.8. The Hall–Kier alpha value is -8.69. The Balaban J connectivity index is 1.11. The van der Waals surface area contributed by atoms with E-state index in [2.05, 4.69) is 6.07 Å². The van der Waals surface area contributed by atoms with E-state index in [4.69, 9.17) is 9.97 Å². The van der Waals surface area contributed by atoms with Gasteiger partial charge in [0.25, 0.3) is 0 Å². The molecule has 12 rings (SSSR count). The van der Waals surface area contributed by atoms with Gasteiger partial charge in [0.2, 0.25) is 0 Å². The molecule has 0 aliphatic heterocycles. The molecule has 0 aliphatic rings. The normalized spacial score (nSPS) is 11.9. The third kappa shape index (κ3) is 6.98. The van der Waals surface area contributed by atoms with Crippen molar-refractivity contribution in [2.45, 2.75) is 6.18 Å². The van der Waals surface area contributed by atoms with E-state index < -0.39 is 23.4 Å². The molecule has 0 fully saturated rings. The van der Waals surface area contributed by atoms with Gasteiger partial charge in [0, 0.05) is 62.3 Å². The fraction of sp³-hybridized carbons (Fsp3) is 0.0169. The Kier molecular flexibility index (Phi) is 9.62. The first kappa shape index (κ1) is 40.8. The maximum absolute atomic E-state index is 15.7. The van der Waals surface area contributed by atoms with Gasteiger partial charge in [-0.1, -0.05) is 121 Å². The second kappa shape index (κ2) is 16.0. The van der Waals surface area contributed by atoms with Crippen molar-refractivity contribution in [3.05, 3.63) is 230 Å². The SMILES string of the molecule is Fc1cc(F)cc(-c2cc(-n3c4ccccc4c4cc(-c5ccc(-c6ccccc6)nc5)ccc43)c(-n3c4ccccc4c4cc(-c5ccc(-c6ccccc6)nc5)ccc43)cc2C(F)(F)F)c1. The summed E-state index contributed by atoms with van der Waals surface area (Å²) in [4.78, 5) is 9.53. The van der Waals surface area contributed by atoms with Crippen molar-refractivity contribution >= 4 is 43.6 Å². The average Bonchev–Trinajstić information content (AvgIpc) is 3.88. The predicted octanol–water partition coefficient (Wildman–Crippen LogP) is 16.3. The molecule has 0 atom stereocenters. The largest absolute Gasteiger partial charge is 0.417 e. The van der Waals surface area contributed by atoms with Crippen LogP contribution in [0.1, 0.15) is 5.56 Å². The standard InChI is InChI=1S/C59H35F5N4/c60-43-27-42(28-44(61)31-43)47-32-57(67-53-17-9-7-15-45(53)48-29-38(21-25-55(48)67)40-19-23-51(65-34-40)36-11-3-1-4-12-36)58(33-50(47)59(62,63)64)68-54-18-10-8-16-46(54)49-30-39(22-26-56(49)68)41-20-24-52(66-35-41)37-13-5-2-6-14-37/h1-35H. The number of alkyl halides is 3. The summed E-state index contributed by atoms with van der Waals surface area (Å²) < 4.78 is 80.7. The Bertz CT molecular complexity index is 3870. The molecule has 68 heavy (non-hydrogen) atoms. The van der Waals surface area contributed by atoms with Gasteiger partial charge in [0.15, 0.2) is 0 Å². The Labute approximate surface area is 386 Å². The smallest absolute Gasteiger partial charge is 0.307 e. The van der Waals surface area contributed by atoms with Crippen LogP contribution in [0.25, 0.3) is 111 Å². The highest BCUT2D eigenvalue weighted by atomic mass is 19.4. The molecular weight excluding hydrogens is 860 g/mol. The summed E-state index contributed by atoms with van der Waals surface area (Å²) in [5.74, 6) is -1.98. The van der Waals surface area contributed by atoms with Crippen LogP contribution in [0.5, 0.6) is 0 Å². The fourth-order valence-electron chi connectivity index (χ4n) is 9.63. The Morgan fingerprint density at radius 1 is 0.338 bits per heavy atom. The maximum atomic E-state index is 15.7. The summed E-state index contributed by atoms with van der Waals surface area (Å²) in [5.41, 5.74) is 8.95. The molecule has 0 bridgehead atoms. The molecular formula is C59H35F5N4. The van der Waals surface area contributed by atoms with Gasteiger partial charge in [0.05, 0.1) is 50.4 Å². The van der Waals surface area contributed by atoms with E-state index in [9.17, 15) is 8.78 Å². The molecule has 0 saturated carbocycles. The lowest BCUT2D eigenvalue weighted by atomic mass is 9.96. The minimum Gasteiger partial charge on any atom is -0.307 e. The number of para-hydroxylation sites is 2. The van der Waals surface area contributed by atoms with Gasteiger partial charge in [-0.15, -0.1) is 0 Å². The molecule has 0 aliphatic carbocycles. The summed E-state index contributed by atoms with van der Waals surface area (Å²) in [7, 11) is 0. The van der Waals surface area contributed by atoms with Gasteiger partial charge < -0.3 is 9.13 Å². The predicted molar refractivity (Wildman–Crippen MR) is 263 cm³/mol. The van der Waals surface area contributed by atoms with Gasteiger partial charge in [-0.25, -0.2) is 8.78 Å². The lowest BCUT2D eigenvalue weighted by molar-refractivity contribution is -0.137. The van der Waals surface area contributed by atoms with Gasteiger partial charge in [0.1, 0.15) is 11.6 Å². The number of hydrogen-bond acceptors (Lipinski definition) is 2. The van der Waals surface area contributed by atoms with Crippen LogP contribution in [-0.4, -0.2) is 19.1 Å². The van der Waals surface area contributed by atoms with E-state index in [0.29, 0.717) is 22.8 Å². The van der Waals surface area contributed by atoms with Crippen molar-refractivity contribution in [2.75, 3.05) is 0 Å². The molecule has 0 saturated heterocycles.